The first-order valence-corrected chi connectivity index (χ1v) is 11.7. The number of aromatic nitrogens is 1. The number of carbonyl (C=O) groups is 1. The number of carbonyl (C=O) groups excluding carboxylic acids is 1. The first kappa shape index (κ1) is 20.0. The second-order valence-electron chi connectivity index (χ2n) is 6.68. The second kappa shape index (κ2) is 8.95. The van der Waals surface area contributed by atoms with Crippen LogP contribution in [-0.2, 0) is 27.7 Å². The van der Waals surface area contributed by atoms with E-state index in [1.165, 1.54) is 11.3 Å². The summed E-state index contributed by atoms with van der Waals surface area (Å²) in [5.74, 6) is 0.0998. The van der Waals surface area contributed by atoms with Crippen molar-refractivity contribution in [3.8, 4) is 0 Å². The van der Waals surface area contributed by atoms with Crippen LogP contribution in [0.1, 0.15) is 36.6 Å². The molecule has 1 aliphatic heterocycles. The zero-order chi connectivity index (χ0) is 19.3. The smallest absolute Gasteiger partial charge is 0.237 e. The predicted molar refractivity (Wildman–Crippen MR) is 106 cm³/mol. The predicted octanol–water partition coefficient (Wildman–Crippen LogP) is 2.61. The molecule has 146 valence electrons. The topological polar surface area (TPSA) is 79.4 Å². The van der Waals surface area contributed by atoms with E-state index < -0.39 is 9.84 Å². The second-order valence-corrected chi connectivity index (χ2v) is 10.4. The fraction of sp³-hybridized carbons (Fsp3) is 0.474. The lowest BCUT2D eigenvalue weighted by Crippen LogP contribution is -2.48. The maximum atomic E-state index is 12.8. The summed E-state index contributed by atoms with van der Waals surface area (Å²) in [7, 11) is -3.19. The number of pyridine rings is 1. The minimum atomic E-state index is -3.19. The molecule has 0 saturated carbocycles. The minimum Gasteiger partial charge on any atom is -0.350 e. The molecule has 1 unspecified atom stereocenters. The van der Waals surface area contributed by atoms with Crippen LogP contribution in [0.4, 0.5) is 0 Å². The summed E-state index contributed by atoms with van der Waals surface area (Å²) < 4.78 is 24.2. The Morgan fingerprint density at radius 1 is 1.26 bits per heavy atom. The van der Waals surface area contributed by atoms with Crippen molar-refractivity contribution in [1.29, 1.82) is 0 Å². The minimum absolute atomic E-state index is 0.0112. The fourth-order valence-electron chi connectivity index (χ4n) is 3.25. The van der Waals surface area contributed by atoms with Crippen LogP contribution in [-0.4, -0.2) is 42.5 Å². The number of hydrogen-bond donors (Lipinski definition) is 1. The molecule has 2 aromatic heterocycles. The third-order valence-corrected chi connectivity index (χ3v) is 8.21. The number of likely N-dealkylation sites (tertiary alicyclic amines) is 1. The van der Waals surface area contributed by atoms with Crippen molar-refractivity contribution >= 4 is 27.1 Å². The van der Waals surface area contributed by atoms with Gasteiger partial charge in [-0.15, -0.1) is 11.3 Å². The summed E-state index contributed by atoms with van der Waals surface area (Å²) in [4.78, 5) is 19.9. The lowest BCUT2D eigenvalue weighted by atomic mass is 10.0. The molecule has 27 heavy (non-hydrogen) atoms. The van der Waals surface area contributed by atoms with Gasteiger partial charge in [0.05, 0.1) is 18.3 Å². The van der Waals surface area contributed by atoms with Gasteiger partial charge < -0.3 is 5.32 Å². The monoisotopic (exact) mass is 407 g/mol. The highest BCUT2D eigenvalue weighted by molar-refractivity contribution is 7.93. The van der Waals surface area contributed by atoms with Crippen LogP contribution in [0.15, 0.2) is 40.9 Å². The molecular formula is C19H25N3O3S2. The van der Waals surface area contributed by atoms with Gasteiger partial charge in [-0.05, 0) is 49.2 Å². The molecule has 0 radical (unpaired) electrons. The van der Waals surface area contributed by atoms with Crippen LogP contribution >= 0.6 is 11.3 Å². The molecule has 2 aromatic rings. The molecule has 1 atom stereocenters. The number of amides is 1. The average molecular weight is 408 g/mol. The molecule has 3 heterocycles. The highest BCUT2D eigenvalue weighted by Crippen LogP contribution is 2.23. The van der Waals surface area contributed by atoms with Gasteiger partial charge >= 0.3 is 0 Å². The lowest BCUT2D eigenvalue weighted by Gasteiger charge is -2.34. The molecule has 1 N–H and O–H groups in total. The third kappa shape index (κ3) is 5.15. The molecule has 0 aliphatic carbocycles. The van der Waals surface area contributed by atoms with Crippen molar-refractivity contribution in [2.24, 2.45) is 0 Å². The Morgan fingerprint density at radius 2 is 2.04 bits per heavy atom. The van der Waals surface area contributed by atoms with E-state index in [-0.39, 0.29) is 17.7 Å². The summed E-state index contributed by atoms with van der Waals surface area (Å²) in [6.07, 6.45) is 6.53. The van der Waals surface area contributed by atoms with Gasteiger partial charge in [-0.25, -0.2) is 8.42 Å². The van der Waals surface area contributed by atoms with Crippen LogP contribution < -0.4 is 5.32 Å². The van der Waals surface area contributed by atoms with E-state index >= 15 is 0 Å². The van der Waals surface area contributed by atoms with Crippen molar-refractivity contribution < 1.29 is 13.2 Å². The third-order valence-electron chi connectivity index (χ3n) is 4.81. The number of nitrogens with one attached hydrogen (secondary N) is 1. The Balaban J connectivity index is 1.60. The molecule has 0 bridgehead atoms. The van der Waals surface area contributed by atoms with Crippen LogP contribution in [0.3, 0.4) is 0 Å². The summed E-state index contributed by atoms with van der Waals surface area (Å²) in [5, 5.41) is 2.99. The van der Waals surface area contributed by atoms with Gasteiger partial charge in [0.2, 0.25) is 5.91 Å². The summed E-state index contributed by atoms with van der Waals surface area (Å²) >= 11 is 1.23. The fourth-order valence-corrected chi connectivity index (χ4v) is 5.67. The summed E-state index contributed by atoms with van der Waals surface area (Å²) in [6.45, 7) is 3.64. The Hall–Kier alpha value is -1.77. The van der Waals surface area contributed by atoms with Gasteiger partial charge in [-0.1, -0.05) is 13.3 Å². The van der Waals surface area contributed by atoms with E-state index in [0.717, 1.165) is 42.8 Å². The van der Waals surface area contributed by atoms with E-state index in [2.05, 4.69) is 15.2 Å². The van der Waals surface area contributed by atoms with Crippen LogP contribution in [0.25, 0.3) is 0 Å². The normalized spacial score (nSPS) is 18.3. The van der Waals surface area contributed by atoms with Crippen LogP contribution in [0.2, 0.25) is 0 Å². The van der Waals surface area contributed by atoms with E-state index in [1.807, 2.05) is 12.1 Å². The number of thiophene rings is 1. The Bertz CT molecular complexity index is 865. The SMILES string of the molecule is CCS(=O)(=O)c1ccc(CNC(=O)C2CCCCN2Cc2ccncc2)s1. The van der Waals surface area contributed by atoms with Crippen molar-refractivity contribution in [1.82, 2.24) is 15.2 Å². The zero-order valence-corrected chi connectivity index (χ0v) is 17.1. The van der Waals surface area contributed by atoms with Gasteiger partial charge in [-0.2, -0.15) is 0 Å². The van der Waals surface area contributed by atoms with Crippen molar-refractivity contribution in [3.63, 3.8) is 0 Å². The van der Waals surface area contributed by atoms with Gasteiger partial charge in [0.15, 0.2) is 9.84 Å². The maximum Gasteiger partial charge on any atom is 0.237 e. The number of piperidine rings is 1. The lowest BCUT2D eigenvalue weighted by molar-refractivity contribution is -0.128. The molecule has 0 aromatic carbocycles. The van der Waals surface area contributed by atoms with E-state index in [4.69, 9.17) is 0 Å². The maximum absolute atomic E-state index is 12.8. The Labute approximate surface area is 164 Å². The summed E-state index contributed by atoms with van der Waals surface area (Å²) in [6, 6.07) is 7.21. The molecule has 1 saturated heterocycles. The molecule has 6 nitrogen and oxygen atoms in total. The standard InChI is InChI=1S/C19H25N3O3S2/c1-2-27(24,25)18-7-6-16(26-18)13-21-19(23)17-5-3-4-12-22(17)14-15-8-10-20-11-9-15/h6-11,17H,2-5,12-14H2,1H3,(H,21,23). The Kier molecular flexibility index (Phi) is 6.62. The van der Waals surface area contributed by atoms with E-state index in [0.29, 0.717) is 10.8 Å². The van der Waals surface area contributed by atoms with Crippen LogP contribution in [0, 0.1) is 0 Å². The quantitative estimate of drug-likeness (QED) is 0.763. The molecule has 1 aliphatic rings. The molecular weight excluding hydrogens is 382 g/mol. The first-order valence-electron chi connectivity index (χ1n) is 9.21. The number of sulfone groups is 1. The molecule has 1 amide bonds. The van der Waals surface area contributed by atoms with Gasteiger partial charge in [0.25, 0.3) is 0 Å². The summed E-state index contributed by atoms with van der Waals surface area (Å²) in [5.41, 5.74) is 1.15. The molecule has 8 heteroatoms. The van der Waals surface area contributed by atoms with E-state index in [1.54, 1.807) is 31.5 Å². The highest BCUT2D eigenvalue weighted by atomic mass is 32.2. The van der Waals surface area contributed by atoms with Crippen molar-refractivity contribution in [2.75, 3.05) is 12.3 Å². The van der Waals surface area contributed by atoms with Crippen LogP contribution in [0.5, 0.6) is 0 Å². The van der Waals surface area contributed by atoms with Gasteiger partial charge in [-0.3, -0.25) is 14.7 Å². The molecule has 3 rings (SSSR count). The van der Waals surface area contributed by atoms with Gasteiger partial charge in [0.1, 0.15) is 4.21 Å². The average Bonchev–Trinajstić information content (AvgIpc) is 3.17. The van der Waals surface area contributed by atoms with E-state index in [9.17, 15) is 13.2 Å². The Morgan fingerprint density at radius 3 is 2.78 bits per heavy atom. The molecule has 0 spiro atoms. The van der Waals surface area contributed by atoms with Crippen molar-refractivity contribution in [2.45, 2.75) is 49.5 Å². The zero-order valence-electron chi connectivity index (χ0n) is 15.4. The molecule has 1 fully saturated rings. The number of hydrogen-bond acceptors (Lipinski definition) is 6. The number of rotatable bonds is 7. The number of nitrogens with zero attached hydrogens (tertiary/aromatic N) is 2. The van der Waals surface area contributed by atoms with Crippen molar-refractivity contribution in [3.05, 3.63) is 47.1 Å². The van der Waals surface area contributed by atoms with Gasteiger partial charge in [0, 0.05) is 23.8 Å². The highest BCUT2D eigenvalue weighted by Gasteiger charge is 2.28. The largest absolute Gasteiger partial charge is 0.350 e. The first-order chi connectivity index (χ1) is 13.0.